The summed E-state index contributed by atoms with van der Waals surface area (Å²) < 4.78 is 0. The van der Waals surface area contributed by atoms with E-state index in [1.165, 1.54) is 6.20 Å². The van der Waals surface area contributed by atoms with E-state index in [1.54, 1.807) is 6.07 Å². The molecule has 0 spiro atoms. The van der Waals surface area contributed by atoms with Gasteiger partial charge in [0.05, 0.1) is 5.02 Å². The summed E-state index contributed by atoms with van der Waals surface area (Å²) in [5, 5.41) is 11.7. The van der Waals surface area contributed by atoms with Crippen molar-refractivity contribution in [3.8, 4) is 0 Å². The number of pyridine rings is 1. The molecule has 1 heterocycles. The van der Waals surface area contributed by atoms with Crippen LogP contribution in [0, 0.1) is 6.92 Å². The van der Waals surface area contributed by atoms with Crippen molar-refractivity contribution in [1.82, 2.24) is 4.98 Å². The molecule has 0 atom stereocenters. The Morgan fingerprint density at radius 3 is 2.92 bits per heavy atom. The Bertz CT molecular complexity index is 324. The summed E-state index contributed by atoms with van der Waals surface area (Å²) in [6, 6.07) is 1.65. The largest absolute Gasteiger partial charge is 0.409 e. The van der Waals surface area contributed by atoms with Crippen LogP contribution in [0.25, 0.3) is 0 Å². The molecule has 0 aliphatic rings. The fourth-order valence-corrected chi connectivity index (χ4v) is 0.834. The van der Waals surface area contributed by atoms with Crippen LogP contribution in [-0.2, 0) is 0 Å². The lowest BCUT2D eigenvalue weighted by Gasteiger charge is -2.00. The first-order chi connectivity index (χ1) is 5.65. The minimum atomic E-state index is -0.0187. The van der Waals surface area contributed by atoms with Gasteiger partial charge < -0.3 is 10.9 Å². The number of nitrogens with two attached hydrogens (primary N) is 1. The number of rotatable bonds is 1. The van der Waals surface area contributed by atoms with Crippen LogP contribution in [0.4, 0.5) is 0 Å². The monoisotopic (exact) mass is 185 g/mol. The van der Waals surface area contributed by atoms with Crippen molar-refractivity contribution in [3.63, 3.8) is 0 Å². The molecule has 0 radical (unpaired) electrons. The van der Waals surface area contributed by atoms with Crippen LogP contribution < -0.4 is 5.73 Å². The maximum absolute atomic E-state index is 8.34. The third-order valence-corrected chi connectivity index (χ3v) is 1.81. The molecular weight excluding hydrogens is 178 g/mol. The van der Waals surface area contributed by atoms with Crippen molar-refractivity contribution in [2.45, 2.75) is 6.92 Å². The fourth-order valence-electron chi connectivity index (χ4n) is 0.731. The molecule has 1 rings (SSSR count). The number of aromatic nitrogens is 1. The van der Waals surface area contributed by atoms with Crippen molar-refractivity contribution < 1.29 is 5.21 Å². The van der Waals surface area contributed by atoms with E-state index in [4.69, 9.17) is 22.5 Å². The van der Waals surface area contributed by atoms with Crippen LogP contribution in [0.5, 0.6) is 0 Å². The summed E-state index contributed by atoms with van der Waals surface area (Å²) in [5.74, 6) is -0.0187. The van der Waals surface area contributed by atoms with Gasteiger partial charge in [0.2, 0.25) is 0 Å². The number of nitrogens with zero attached hydrogens (tertiary/aromatic N) is 2. The zero-order valence-electron chi connectivity index (χ0n) is 6.45. The zero-order chi connectivity index (χ0) is 9.14. The maximum Gasteiger partial charge on any atom is 0.188 e. The van der Waals surface area contributed by atoms with Crippen LogP contribution in [0.15, 0.2) is 17.4 Å². The van der Waals surface area contributed by atoms with Gasteiger partial charge in [0, 0.05) is 6.20 Å². The molecule has 0 aliphatic heterocycles. The van der Waals surface area contributed by atoms with Crippen molar-refractivity contribution >= 4 is 17.4 Å². The first-order valence-corrected chi connectivity index (χ1v) is 3.63. The number of hydrogen-bond acceptors (Lipinski definition) is 3. The normalized spacial score (nSPS) is 11.7. The van der Waals surface area contributed by atoms with E-state index in [2.05, 4.69) is 10.1 Å². The Kier molecular flexibility index (Phi) is 2.50. The van der Waals surface area contributed by atoms with E-state index in [9.17, 15) is 0 Å². The second-order valence-corrected chi connectivity index (χ2v) is 2.71. The first kappa shape index (κ1) is 8.80. The lowest BCUT2D eigenvalue weighted by Crippen LogP contribution is -2.14. The Balaban J connectivity index is 3.13. The molecule has 1 aromatic heterocycles. The van der Waals surface area contributed by atoms with Crippen LogP contribution >= 0.6 is 11.6 Å². The van der Waals surface area contributed by atoms with Crippen molar-refractivity contribution in [2.24, 2.45) is 10.9 Å². The fraction of sp³-hybridized carbons (Fsp3) is 0.143. The van der Waals surface area contributed by atoms with E-state index in [1.807, 2.05) is 6.92 Å². The van der Waals surface area contributed by atoms with Crippen LogP contribution in [0.3, 0.4) is 0 Å². The number of hydrogen-bond donors (Lipinski definition) is 2. The molecule has 4 nitrogen and oxygen atoms in total. The van der Waals surface area contributed by atoms with Crippen LogP contribution in [0.1, 0.15) is 11.3 Å². The van der Waals surface area contributed by atoms with Crippen molar-refractivity contribution in [2.75, 3.05) is 0 Å². The predicted molar refractivity (Wildman–Crippen MR) is 46.5 cm³/mol. The van der Waals surface area contributed by atoms with Gasteiger partial charge in [-0.15, -0.1) is 0 Å². The number of oxime groups is 1. The lowest BCUT2D eigenvalue weighted by molar-refractivity contribution is 0.318. The highest BCUT2D eigenvalue weighted by atomic mass is 35.5. The van der Waals surface area contributed by atoms with Gasteiger partial charge in [0.1, 0.15) is 5.69 Å². The van der Waals surface area contributed by atoms with E-state index in [-0.39, 0.29) is 5.84 Å². The molecule has 5 heteroatoms. The molecule has 0 amide bonds. The molecule has 0 unspecified atom stereocenters. The predicted octanol–water partition coefficient (Wildman–Crippen LogP) is 1.14. The van der Waals surface area contributed by atoms with E-state index in [0.29, 0.717) is 10.7 Å². The summed E-state index contributed by atoms with van der Waals surface area (Å²) in [4.78, 5) is 3.86. The molecule has 0 saturated carbocycles. The minimum absolute atomic E-state index is 0.0187. The average Bonchev–Trinajstić information content (AvgIpc) is 2.08. The molecule has 3 N–H and O–H groups in total. The number of aryl methyl sites for hydroxylation is 1. The van der Waals surface area contributed by atoms with Gasteiger partial charge in [-0.05, 0) is 18.6 Å². The first-order valence-electron chi connectivity index (χ1n) is 3.25. The molecule has 64 valence electrons. The molecule has 0 saturated heterocycles. The Labute approximate surface area is 74.7 Å². The molecule has 12 heavy (non-hydrogen) atoms. The van der Waals surface area contributed by atoms with Gasteiger partial charge in [-0.25, -0.2) is 0 Å². The Morgan fingerprint density at radius 1 is 1.75 bits per heavy atom. The highest BCUT2D eigenvalue weighted by Crippen LogP contribution is 2.13. The lowest BCUT2D eigenvalue weighted by atomic mass is 10.2. The van der Waals surface area contributed by atoms with E-state index in [0.717, 1.165) is 5.56 Å². The van der Waals surface area contributed by atoms with Gasteiger partial charge in [-0.3, -0.25) is 4.98 Å². The van der Waals surface area contributed by atoms with E-state index < -0.39 is 0 Å². The molecule has 0 aromatic carbocycles. The summed E-state index contributed by atoms with van der Waals surface area (Å²) in [5.41, 5.74) is 6.56. The minimum Gasteiger partial charge on any atom is -0.409 e. The molecule has 0 aliphatic carbocycles. The van der Waals surface area contributed by atoms with Gasteiger partial charge >= 0.3 is 0 Å². The third kappa shape index (κ3) is 1.65. The van der Waals surface area contributed by atoms with Crippen molar-refractivity contribution in [1.29, 1.82) is 0 Å². The van der Waals surface area contributed by atoms with Crippen molar-refractivity contribution in [3.05, 3.63) is 28.5 Å². The Hall–Kier alpha value is -1.29. The number of halogens is 1. The summed E-state index contributed by atoms with van der Waals surface area (Å²) in [6.07, 6.45) is 1.46. The van der Waals surface area contributed by atoms with Gasteiger partial charge in [0.15, 0.2) is 5.84 Å². The summed E-state index contributed by atoms with van der Waals surface area (Å²) in [6.45, 7) is 1.82. The third-order valence-electron chi connectivity index (χ3n) is 1.42. The molecular formula is C7H8ClN3O. The summed E-state index contributed by atoms with van der Waals surface area (Å²) >= 11 is 5.72. The standard InChI is InChI=1S/C7H8ClN3O/c1-4-2-6(7(9)11-12)10-3-5(4)8/h2-3,12H,1H3,(H2,9,11). The average molecular weight is 186 g/mol. The van der Waals surface area contributed by atoms with Crippen LogP contribution in [0.2, 0.25) is 5.02 Å². The highest BCUT2D eigenvalue weighted by molar-refractivity contribution is 6.31. The quantitative estimate of drug-likeness (QED) is 0.298. The van der Waals surface area contributed by atoms with E-state index >= 15 is 0 Å². The molecule has 1 aromatic rings. The number of amidine groups is 1. The highest BCUT2D eigenvalue weighted by Gasteiger charge is 2.02. The summed E-state index contributed by atoms with van der Waals surface area (Å²) in [7, 11) is 0. The van der Waals surface area contributed by atoms with Crippen LogP contribution in [-0.4, -0.2) is 16.0 Å². The van der Waals surface area contributed by atoms with Gasteiger partial charge in [-0.1, -0.05) is 16.8 Å². The molecule has 0 bridgehead atoms. The maximum atomic E-state index is 8.34. The topological polar surface area (TPSA) is 71.5 Å². The SMILES string of the molecule is Cc1cc(/C(N)=N\O)ncc1Cl. The van der Waals surface area contributed by atoms with Gasteiger partial charge in [-0.2, -0.15) is 0 Å². The zero-order valence-corrected chi connectivity index (χ0v) is 7.21. The second-order valence-electron chi connectivity index (χ2n) is 2.30. The Morgan fingerprint density at radius 2 is 2.42 bits per heavy atom. The smallest absolute Gasteiger partial charge is 0.188 e. The van der Waals surface area contributed by atoms with Gasteiger partial charge in [0.25, 0.3) is 0 Å². The molecule has 0 fully saturated rings. The second kappa shape index (κ2) is 3.40.